The van der Waals surface area contributed by atoms with Crippen molar-refractivity contribution in [2.45, 2.75) is 33.9 Å². The molecule has 0 fully saturated rings. The third kappa shape index (κ3) is 4.04. The summed E-state index contributed by atoms with van der Waals surface area (Å²) in [7, 11) is 1.65. The number of benzene rings is 1. The highest BCUT2D eigenvalue weighted by molar-refractivity contribution is 5.91. The third-order valence-corrected chi connectivity index (χ3v) is 4.37. The minimum absolute atomic E-state index is 0.407. The summed E-state index contributed by atoms with van der Waals surface area (Å²) in [6, 6.07) is 8.33. The van der Waals surface area contributed by atoms with Gasteiger partial charge in [-0.05, 0) is 26.3 Å². The Balaban J connectivity index is 2.30. The highest BCUT2D eigenvalue weighted by Gasteiger charge is 2.22. The van der Waals surface area contributed by atoms with Gasteiger partial charge in [0.05, 0.1) is 12.2 Å². The van der Waals surface area contributed by atoms with Crippen LogP contribution in [0.5, 0.6) is 0 Å². The molecular formula is C19H26N2O3. The molecule has 0 aliphatic carbocycles. The van der Waals surface area contributed by atoms with E-state index in [0.29, 0.717) is 31.8 Å². The van der Waals surface area contributed by atoms with E-state index < -0.39 is 5.97 Å². The first-order valence-electron chi connectivity index (χ1n) is 8.12. The van der Waals surface area contributed by atoms with E-state index in [1.54, 1.807) is 7.11 Å². The van der Waals surface area contributed by atoms with Crippen LogP contribution in [0.25, 0.3) is 0 Å². The maximum absolute atomic E-state index is 11.7. The Labute approximate surface area is 143 Å². The average molecular weight is 330 g/mol. The topological polar surface area (TPSA) is 63.5 Å². The monoisotopic (exact) mass is 330 g/mol. The fourth-order valence-corrected chi connectivity index (χ4v) is 2.95. The molecule has 0 amide bonds. The molecule has 2 N–H and O–H groups in total. The van der Waals surface area contributed by atoms with Gasteiger partial charge in [-0.1, -0.05) is 29.8 Å². The molecule has 0 radical (unpaired) electrons. The van der Waals surface area contributed by atoms with E-state index >= 15 is 0 Å². The van der Waals surface area contributed by atoms with E-state index in [0.717, 1.165) is 22.5 Å². The van der Waals surface area contributed by atoms with Gasteiger partial charge in [-0.2, -0.15) is 0 Å². The lowest BCUT2D eigenvalue weighted by Crippen LogP contribution is -2.20. The molecule has 0 saturated carbocycles. The molecule has 0 aliphatic heterocycles. The molecule has 5 nitrogen and oxygen atoms in total. The molecule has 0 unspecified atom stereocenters. The van der Waals surface area contributed by atoms with E-state index in [1.807, 2.05) is 13.8 Å². The molecule has 1 aromatic carbocycles. The quantitative estimate of drug-likeness (QED) is 0.731. The molecule has 5 heteroatoms. The Morgan fingerprint density at radius 3 is 2.42 bits per heavy atom. The van der Waals surface area contributed by atoms with Crippen molar-refractivity contribution in [2.75, 3.05) is 20.3 Å². The highest BCUT2D eigenvalue weighted by Crippen LogP contribution is 2.24. The van der Waals surface area contributed by atoms with Crippen molar-refractivity contribution < 1.29 is 14.6 Å². The van der Waals surface area contributed by atoms with Crippen LogP contribution in [0.2, 0.25) is 0 Å². The van der Waals surface area contributed by atoms with Crippen molar-refractivity contribution in [3.63, 3.8) is 0 Å². The fraction of sp³-hybridized carbons (Fsp3) is 0.421. The van der Waals surface area contributed by atoms with Crippen molar-refractivity contribution in [2.24, 2.45) is 0 Å². The molecule has 0 saturated heterocycles. The largest absolute Gasteiger partial charge is 0.478 e. The summed E-state index contributed by atoms with van der Waals surface area (Å²) < 4.78 is 7.11. The van der Waals surface area contributed by atoms with E-state index in [1.165, 1.54) is 5.56 Å². The Hall–Kier alpha value is -2.11. The number of methoxy groups -OCH3 is 1. The van der Waals surface area contributed by atoms with E-state index in [2.05, 4.69) is 41.1 Å². The SMILES string of the molecule is COCCNCc1c(C(=O)O)c(C)n(Cc2ccc(C)cc2)c1C. The summed E-state index contributed by atoms with van der Waals surface area (Å²) in [4.78, 5) is 11.7. The lowest BCUT2D eigenvalue weighted by molar-refractivity contribution is 0.0694. The predicted octanol–water partition coefficient (Wildman–Crippen LogP) is 2.90. The predicted molar refractivity (Wildman–Crippen MR) is 94.7 cm³/mol. The number of aromatic carboxylic acids is 1. The van der Waals surface area contributed by atoms with Crippen LogP contribution in [-0.4, -0.2) is 35.9 Å². The number of carbonyl (C=O) groups is 1. The Morgan fingerprint density at radius 1 is 1.17 bits per heavy atom. The van der Waals surface area contributed by atoms with Gasteiger partial charge in [-0.25, -0.2) is 4.79 Å². The van der Waals surface area contributed by atoms with Gasteiger partial charge in [0, 0.05) is 43.7 Å². The molecule has 2 aromatic rings. The molecule has 0 atom stereocenters. The molecule has 24 heavy (non-hydrogen) atoms. The number of nitrogens with one attached hydrogen (secondary N) is 1. The highest BCUT2D eigenvalue weighted by atomic mass is 16.5. The molecule has 0 bridgehead atoms. The van der Waals surface area contributed by atoms with Crippen LogP contribution >= 0.6 is 0 Å². The van der Waals surface area contributed by atoms with Crippen molar-refractivity contribution in [3.8, 4) is 0 Å². The number of hydrogen-bond donors (Lipinski definition) is 2. The third-order valence-electron chi connectivity index (χ3n) is 4.37. The van der Waals surface area contributed by atoms with Gasteiger partial charge in [0.2, 0.25) is 0 Å². The van der Waals surface area contributed by atoms with Gasteiger partial charge < -0.3 is 19.7 Å². The number of carboxylic acids is 1. The van der Waals surface area contributed by atoms with E-state index in [9.17, 15) is 9.90 Å². The smallest absolute Gasteiger partial charge is 0.337 e. The van der Waals surface area contributed by atoms with Crippen molar-refractivity contribution >= 4 is 5.97 Å². The van der Waals surface area contributed by atoms with Crippen LogP contribution in [0.4, 0.5) is 0 Å². The first-order chi connectivity index (χ1) is 11.5. The summed E-state index contributed by atoms with van der Waals surface area (Å²) >= 11 is 0. The van der Waals surface area contributed by atoms with Crippen LogP contribution in [0, 0.1) is 20.8 Å². The lowest BCUT2D eigenvalue weighted by atomic mass is 10.1. The number of aromatic nitrogens is 1. The standard InChI is InChI=1S/C19H26N2O3/c1-13-5-7-16(8-6-13)12-21-14(2)17(11-20-9-10-24-4)18(15(21)3)19(22)23/h5-8,20H,9-12H2,1-4H3,(H,22,23). The second kappa shape index (κ2) is 8.13. The lowest BCUT2D eigenvalue weighted by Gasteiger charge is -2.10. The maximum atomic E-state index is 11.7. The number of hydrogen-bond acceptors (Lipinski definition) is 3. The summed E-state index contributed by atoms with van der Waals surface area (Å²) in [5, 5.41) is 12.9. The molecule has 0 aliphatic rings. The van der Waals surface area contributed by atoms with Crippen LogP contribution in [0.15, 0.2) is 24.3 Å². The Morgan fingerprint density at radius 2 is 1.83 bits per heavy atom. The molecule has 0 spiro atoms. The molecule has 1 heterocycles. The zero-order valence-corrected chi connectivity index (χ0v) is 14.8. The molecular weight excluding hydrogens is 304 g/mol. The van der Waals surface area contributed by atoms with Crippen LogP contribution in [0.1, 0.15) is 38.4 Å². The van der Waals surface area contributed by atoms with Crippen molar-refractivity contribution in [1.82, 2.24) is 9.88 Å². The number of aryl methyl sites for hydroxylation is 1. The summed E-state index contributed by atoms with van der Waals surface area (Å²) in [5.41, 5.74) is 5.43. The van der Waals surface area contributed by atoms with Crippen molar-refractivity contribution in [1.29, 1.82) is 0 Å². The van der Waals surface area contributed by atoms with Gasteiger partial charge in [0.1, 0.15) is 0 Å². The minimum Gasteiger partial charge on any atom is -0.478 e. The second-order valence-electron chi connectivity index (χ2n) is 6.07. The summed E-state index contributed by atoms with van der Waals surface area (Å²) in [6.45, 7) is 8.42. The number of ether oxygens (including phenoxy) is 1. The number of carboxylic acid groups (broad SMARTS) is 1. The van der Waals surface area contributed by atoms with Gasteiger partial charge in [-0.3, -0.25) is 0 Å². The summed E-state index contributed by atoms with van der Waals surface area (Å²) in [5.74, 6) is -0.873. The fourth-order valence-electron chi connectivity index (χ4n) is 2.95. The maximum Gasteiger partial charge on any atom is 0.337 e. The van der Waals surface area contributed by atoms with Gasteiger partial charge in [-0.15, -0.1) is 0 Å². The average Bonchev–Trinajstić information content (AvgIpc) is 2.78. The van der Waals surface area contributed by atoms with Gasteiger partial charge in [0.25, 0.3) is 0 Å². The second-order valence-corrected chi connectivity index (χ2v) is 6.07. The Bertz CT molecular complexity index is 702. The zero-order chi connectivity index (χ0) is 17.7. The van der Waals surface area contributed by atoms with E-state index in [-0.39, 0.29) is 0 Å². The molecule has 2 rings (SSSR count). The van der Waals surface area contributed by atoms with Crippen LogP contribution in [-0.2, 0) is 17.8 Å². The summed E-state index contributed by atoms with van der Waals surface area (Å²) in [6.07, 6.45) is 0. The molecule has 1 aromatic heterocycles. The first-order valence-corrected chi connectivity index (χ1v) is 8.12. The van der Waals surface area contributed by atoms with Crippen LogP contribution < -0.4 is 5.32 Å². The Kier molecular flexibility index (Phi) is 6.17. The van der Waals surface area contributed by atoms with E-state index in [4.69, 9.17) is 4.74 Å². The van der Waals surface area contributed by atoms with Gasteiger partial charge >= 0.3 is 5.97 Å². The number of nitrogens with zero attached hydrogens (tertiary/aromatic N) is 1. The molecule has 130 valence electrons. The van der Waals surface area contributed by atoms with Gasteiger partial charge in [0.15, 0.2) is 0 Å². The first kappa shape index (κ1) is 18.2. The van der Waals surface area contributed by atoms with Crippen LogP contribution in [0.3, 0.4) is 0 Å². The normalized spacial score (nSPS) is 11.0. The minimum atomic E-state index is -0.873. The zero-order valence-electron chi connectivity index (χ0n) is 14.8. The van der Waals surface area contributed by atoms with Crippen molar-refractivity contribution in [3.05, 3.63) is 57.9 Å². The number of rotatable bonds is 8.